The molecule has 0 saturated heterocycles. The summed E-state index contributed by atoms with van der Waals surface area (Å²) < 4.78 is 5.15. The molecule has 0 amide bonds. The van der Waals surface area contributed by atoms with Crippen LogP contribution in [0.1, 0.15) is 37.4 Å². The van der Waals surface area contributed by atoms with Crippen molar-refractivity contribution in [3.8, 4) is 0 Å². The van der Waals surface area contributed by atoms with E-state index in [2.05, 4.69) is 43.4 Å². The Morgan fingerprint density at radius 2 is 1.88 bits per heavy atom. The molecule has 1 N–H and O–H groups in total. The van der Waals surface area contributed by atoms with Crippen LogP contribution in [0.3, 0.4) is 0 Å². The van der Waals surface area contributed by atoms with Gasteiger partial charge in [0.1, 0.15) is 0 Å². The maximum Gasteiger partial charge on any atom is 0.0465 e. The molecule has 0 aliphatic carbocycles. The zero-order valence-electron chi connectivity index (χ0n) is 11.5. The topological polar surface area (TPSA) is 21.3 Å². The molecule has 0 fully saturated rings. The van der Waals surface area contributed by atoms with E-state index in [9.17, 15) is 0 Å². The minimum atomic E-state index is 0.413. The molecule has 0 bridgehead atoms. The van der Waals surface area contributed by atoms with Gasteiger partial charge in [-0.1, -0.05) is 38.1 Å². The summed E-state index contributed by atoms with van der Waals surface area (Å²) in [7, 11) is 3.79. The molecule has 0 aliphatic heterocycles. The number of aryl methyl sites for hydroxylation is 1. The van der Waals surface area contributed by atoms with E-state index in [0.29, 0.717) is 12.0 Å². The second-order valence-corrected chi connectivity index (χ2v) is 4.62. The maximum atomic E-state index is 5.15. The molecule has 96 valence electrons. The summed E-state index contributed by atoms with van der Waals surface area (Å²) in [5.41, 5.74) is 2.77. The van der Waals surface area contributed by atoms with Gasteiger partial charge in [-0.2, -0.15) is 0 Å². The van der Waals surface area contributed by atoms with Crippen molar-refractivity contribution >= 4 is 0 Å². The summed E-state index contributed by atoms with van der Waals surface area (Å²) in [5, 5.41) is 3.41. The van der Waals surface area contributed by atoms with Crippen molar-refractivity contribution in [2.75, 3.05) is 20.8 Å². The smallest absolute Gasteiger partial charge is 0.0465 e. The van der Waals surface area contributed by atoms with E-state index >= 15 is 0 Å². The van der Waals surface area contributed by atoms with Gasteiger partial charge in [0.05, 0.1) is 0 Å². The van der Waals surface area contributed by atoms with Gasteiger partial charge in [-0.05, 0) is 36.9 Å². The van der Waals surface area contributed by atoms with E-state index in [1.54, 1.807) is 7.11 Å². The zero-order chi connectivity index (χ0) is 12.7. The van der Waals surface area contributed by atoms with Crippen LogP contribution in [0.4, 0.5) is 0 Å². The van der Waals surface area contributed by atoms with Crippen molar-refractivity contribution in [1.82, 2.24) is 5.32 Å². The average molecular weight is 235 g/mol. The lowest BCUT2D eigenvalue weighted by atomic mass is 9.91. The standard InChI is InChI=1S/C15H25NO/c1-5-13-6-8-14(9-7-13)15(16-3)12(2)10-11-17-4/h6-9,12,15-16H,5,10-11H2,1-4H3. The van der Waals surface area contributed by atoms with Crippen molar-refractivity contribution < 1.29 is 4.74 Å². The molecule has 1 rings (SSSR count). The molecule has 0 aliphatic rings. The van der Waals surface area contributed by atoms with Gasteiger partial charge in [0.2, 0.25) is 0 Å². The Morgan fingerprint density at radius 1 is 1.24 bits per heavy atom. The monoisotopic (exact) mass is 235 g/mol. The highest BCUT2D eigenvalue weighted by Crippen LogP contribution is 2.24. The molecule has 0 radical (unpaired) electrons. The SMILES string of the molecule is CCc1ccc(C(NC)C(C)CCOC)cc1. The predicted molar refractivity (Wildman–Crippen MR) is 73.3 cm³/mol. The molecule has 2 unspecified atom stereocenters. The van der Waals surface area contributed by atoms with Gasteiger partial charge in [0.15, 0.2) is 0 Å². The fourth-order valence-electron chi connectivity index (χ4n) is 2.21. The summed E-state index contributed by atoms with van der Waals surface area (Å²) in [6.07, 6.45) is 2.18. The third kappa shape index (κ3) is 4.14. The quantitative estimate of drug-likeness (QED) is 0.783. The number of hydrogen-bond donors (Lipinski definition) is 1. The van der Waals surface area contributed by atoms with Crippen LogP contribution in [0.5, 0.6) is 0 Å². The molecule has 2 nitrogen and oxygen atoms in total. The van der Waals surface area contributed by atoms with Gasteiger partial charge >= 0.3 is 0 Å². The van der Waals surface area contributed by atoms with Gasteiger partial charge in [-0.3, -0.25) is 0 Å². The third-order valence-corrected chi connectivity index (χ3v) is 3.40. The maximum absolute atomic E-state index is 5.15. The first-order valence-corrected chi connectivity index (χ1v) is 6.48. The van der Waals surface area contributed by atoms with E-state index in [1.807, 2.05) is 7.05 Å². The Morgan fingerprint density at radius 3 is 2.35 bits per heavy atom. The van der Waals surface area contributed by atoms with E-state index in [-0.39, 0.29) is 0 Å². The Hall–Kier alpha value is -0.860. The van der Waals surface area contributed by atoms with Gasteiger partial charge in [0, 0.05) is 19.8 Å². The first-order chi connectivity index (χ1) is 8.22. The number of hydrogen-bond acceptors (Lipinski definition) is 2. The summed E-state index contributed by atoms with van der Waals surface area (Å²) in [4.78, 5) is 0. The van der Waals surface area contributed by atoms with Crippen LogP contribution in [-0.2, 0) is 11.2 Å². The molecule has 0 aromatic heterocycles. The molecule has 0 heterocycles. The normalized spacial score (nSPS) is 14.6. The van der Waals surface area contributed by atoms with Crippen molar-refractivity contribution in [3.05, 3.63) is 35.4 Å². The van der Waals surface area contributed by atoms with E-state index in [1.165, 1.54) is 11.1 Å². The Balaban J connectivity index is 2.70. The molecule has 0 saturated carbocycles. The van der Waals surface area contributed by atoms with Crippen molar-refractivity contribution in [2.45, 2.75) is 32.7 Å². The highest BCUT2D eigenvalue weighted by atomic mass is 16.5. The van der Waals surface area contributed by atoms with Crippen LogP contribution in [0.15, 0.2) is 24.3 Å². The summed E-state index contributed by atoms with van der Waals surface area (Å²) in [6, 6.07) is 9.34. The fourth-order valence-corrected chi connectivity index (χ4v) is 2.21. The first kappa shape index (κ1) is 14.2. The van der Waals surface area contributed by atoms with E-state index in [0.717, 1.165) is 19.4 Å². The third-order valence-electron chi connectivity index (χ3n) is 3.40. The highest BCUT2D eigenvalue weighted by molar-refractivity contribution is 5.25. The molecule has 0 spiro atoms. The Bertz CT molecular complexity index is 307. The minimum Gasteiger partial charge on any atom is -0.385 e. The fraction of sp³-hybridized carbons (Fsp3) is 0.600. The van der Waals surface area contributed by atoms with Crippen molar-refractivity contribution in [3.63, 3.8) is 0 Å². The molecule has 17 heavy (non-hydrogen) atoms. The first-order valence-electron chi connectivity index (χ1n) is 6.48. The number of methoxy groups -OCH3 is 1. The second-order valence-electron chi connectivity index (χ2n) is 4.62. The highest BCUT2D eigenvalue weighted by Gasteiger charge is 2.16. The molecule has 2 heteroatoms. The molecular weight excluding hydrogens is 210 g/mol. The summed E-state index contributed by atoms with van der Waals surface area (Å²) in [6.45, 7) is 5.28. The van der Waals surface area contributed by atoms with E-state index < -0.39 is 0 Å². The number of rotatable bonds is 7. The zero-order valence-corrected chi connectivity index (χ0v) is 11.5. The van der Waals surface area contributed by atoms with Gasteiger partial charge in [-0.15, -0.1) is 0 Å². The van der Waals surface area contributed by atoms with Crippen LogP contribution in [0.2, 0.25) is 0 Å². The van der Waals surface area contributed by atoms with Gasteiger partial charge in [-0.25, -0.2) is 0 Å². The summed E-state index contributed by atoms with van der Waals surface area (Å²) in [5.74, 6) is 0.576. The number of ether oxygens (including phenoxy) is 1. The average Bonchev–Trinajstić information content (AvgIpc) is 2.38. The lowest BCUT2D eigenvalue weighted by Gasteiger charge is -2.24. The Labute approximate surface area is 105 Å². The second kappa shape index (κ2) is 7.46. The molecular formula is C15H25NO. The van der Waals surface area contributed by atoms with Crippen LogP contribution < -0.4 is 5.32 Å². The Kier molecular flexibility index (Phi) is 6.23. The predicted octanol–water partition coefficient (Wildman–Crippen LogP) is 3.18. The lowest BCUT2D eigenvalue weighted by Crippen LogP contribution is -2.24. The minimum absolute atomic E-state index is 0.413. The summed E-state index contributed by atoms with van der Waals surface area (Å²) >= 11 is 0. The van der Waals surface area contributed by atoms with Crippen molar-refractivity contribution in [2.24, 2.45) is 5.92 Å². The number of nitrogens with one attached hydrogen (secondary N) is 1. The van der Waals surface area contributed by atoms with Crippen LogP contribution in [0, 0.1) is 5.92 Å². The molecule has 2 atom stereocenters. The lowest BCUT2D eigenvalue weighted by molar-refractivity contribution is 0.171. The number of benzene rings is 1. The van der Waals surface area contributed by atoms with Crippen LogP contribution >= 0.6 is 0 Å². The van der Waals surface area contributed by atoms with Crippen LogP contribution in [-0.4, -0.2) is 20.8 Å². The molecule has 1 aromatic rings. The van der Waals surface area contributed by atoms with Gasteiger partial charge < -0.3 is 10.1 Å². The van der Waals surface area contributed by atoms with Crippen LogP contribution in [0.25, 0.3) is 0 Å². The molecule has 1 aromatic carbocycles. The van der Waals surface area contributed by atoms with Gasteiger partial charge in [0.25, 0.3) is 0 Å². The van der Waals surface area contributed by atoms with Crippen molar-refractivity contribution in [1.29, 1.82) is 0 Å². The van der Waals surface area contributed by atoms with E-state index in [4.69, 9.17) is 4.74 Å². The largest absolute Gasteiger partial charge is 0.385 e.